The summed E-state index contributed by atoms with van der Waals surface area (Å²) in [6.07, 6.45) is 10.7. The van der Waals surface area contributed by atoms with Crippen molar-refractivity contribution in [1.82, 2.24) is 29.4 Å². The summed E-state index contributed by atoms with van der Waals surface area (Å²) < 4.78 is 8.17. The fourth-order valence-electron chi connectivity index (χ4n) is 4.82. The van der Waals surface area contributed by atoms with E-state index >= 15 is 0 Å². The van der Waals surface area contributed by atoms with E-state index in [2.05, 4.69) is 51.4 Å². The van der Waals surface area contributed by atoms with Gasteiger partial charge in [0.2, 0.25) is 0 Å². The first-order chi connectivity index (χ1) is 18.5. The molecule has 1 aromatic carbocycles. The second-order valence-corrected chi connectivity index (χ2v) is 10.2. The van der Waals surface area contributed by atoms with Crippen LogP contribution in [0.1, 0.15) is 36.4 Å². The van der Waals surface area contributed by atoms with E-state index in [1.165, 1.54) is 31.3 Å². The van der Waals surface area contributed by atoms with E-state index in [-0.39, 0.29) is 0 Å². The van der Waals surface area contributed by atoms with Crippen molar-refractivity contribution >= 4 is 33.4 Å². The topological polar surface area (TPSA) is 107 Å². The fraction of sp³-hybridized carbons (Fsp3) is 0.310. The maximum Gasteiger partial charge on any atom is 0.150 e. The number of nitrogen functional groups attached to an aromatic ring is 1. The van der Waals surface area contributed by atoms with Crippen LogP contribution in [-0.4, -0.2) is 56.6 Å². The molecule has 0 unspecified atom stereocenters. The van der Waals surface area contributed by atoms with Crippen LogP contribution < -0.4 is 15.8 Å². The van der Waals surface area contributed by atoms with Crippen molar-refractivity contribution in [3.63, 3.8) is 0 Å². The first kappa shape index (κ1) is 24.1. The number of rotatable bonds is 9. The molecule has 0 aliphatic heterocycles. The Bertz CT molecular complexity index is 1590. The Morgan fingerprint density at radius 1 is 1.08 bits per heavy atom. The Hall–Kier alpha value is -4.24. The fourth-order valence-corrected chi connectivity index (χ4v) is 4.82. The standard InChI is InChI=1S/C29H32N8O/c1-36(2)11-9-32-26-14-25(20-4-3-5-20)35-27-13-22(6-7-23(26)27)38-17-19-12-21(16-31-15-19)37-10-8-24-28(30)33-18-34-29(24)37/h6-8,10,12-16,18,20H,3-5,9,11,17H2,1-2H3,(H,32,35)(H2,30,33,34). The van der Waals surface area contributed by atoms with E-state index in [9.17, 15) is 0 Å². The molecular weight excluding hydrogens is 476 g/mol. The lowest BCUT2D eigenvalue weighted by Gasteiger charge is -2.26. The van der Waals surface area contributed by atoms with Gasteiger partial charge in [0.15, 0.2) is 0 Å². The van der Waals surface area contributed by atoms with Crippen LogP contribution >= 0.6 is 0 Å². The predicted octanol–water partition coefficient (Wildman–Crippen LogP) is 4.77. The lowest BCUT2D eigenvalue weighted by molar-refractivity contribution is 0.306. The van der Waals surface area contributed by atoms with Gasteiger partial charge >= 0.3 is 0 Å². The number of benzene rings is 1. The number of ether oxygens (including phenoxy) is 1. The van der Waals surface area contributed by atoms with E-state index in [4.69, 9.17) is 15.5 Å². The zero-order chi connectivity index (χ0) is 26.1. The Labute approximate surface area is 221 Å². The number of hydrogen-bond acceptors (Lipinski definition) is 8. The van der Waals surface area contributed by atoms with Crippen LogP contribution in [0.15, 0.2) is 61.3 Å². The van der Waals surface area contributed by atoms with Crippen molar-refractivity contribution in [1.29, 1.82) is 0 Å². The molecule has 4 heterocycles. The van der Waals surface area contributed by atoms with E-state index in [1.807, 2.05) is 41.2 Å². The van der Waals surface area contributed by atoms with Crippen LogP contribution in [0, 0.1) is 0 Å². The quantitative estimate of drug-likeness (QED) is 0.293. The summed E-state index contributed by atoms with van der Waals surface area (Å²) in [6.45, 7) is 2.24. The summed E-state index contributed by atoms with van der Waals surface area (Å²) in [5, 5.41) is 5.55. The molecule has 0 amide bonds. The molecule has 9 heteroatoms. The Morgan fingerprint density at radius 2 is 1.97 bits per heavy atom. The SMILES string of the molecule is CN(C)CCNc1cc(C2CCC2)nc2cc(OCc3cncc(-n4ccc5c(N)ncnc54)c3)ccc12. The van der Waals surface area contributed by atoms with Crippen LogP contribution in [0.5, 0.6) is 5.75 Å². The number of aromatic nitrogens is 5. The number of nitrogens with zero attached hydrogens (tertiary/aromatic N) is 6. The molecule has 194 valence electrons. The number of fused-ring (bicyclic) bond motifs is 2. The average molecular weight is 509 g/mol. The molecule has 1 fully saturated rings. The summed E-state index contributed by atoms with van der Waals surface area (Å²) in [6, 6.07) is 12.4. The van der Waals surface area contributed by atoms with Gasteiger partial charge in [-0.05, 0) is 57.3 Å². The summed E-state index contributed by atoms with van der Waals surface area (Å²) in [4.78, 5) is 20.1. The molecule has 0 bridgehead atoms. The minimum Gasteiger partial charge on any atom is -0.489 e. The average Bonchev–Trinajstić information content (AvgIpc) is 3.32. The van der Waals surface area contributed by atoms with Gasteiger partial charge in [0.25, 0.3) is 0 Å². The second kappa shape index (κ2) is 10.3. The molecule has 0 atom stereocenters. The second-order valence-electron chi connectivity index (χ2n) is 10.2. The van der Waals surface area contributed by atoms with Gasteiger partial charge in [-0.15, -0.1) is 0 Å². The Morgan fingerprint density at radius 3 is 2.79 bits per heavy atom. The van der Waals surface area contributed by atoms with Crippen LogP contribution in [-0.2, 0) is 6.61 Å². The summed E-state index contributed by atoms with van der Waals surface area (Å²) >= 11 is 0. The van der Waals surface area contributed by atoms with Gasteiger partial charge in [-0.3, -0.25) is 14.5 Å². The van der Waals surface area contributed by atoms with Gasteiger partial charge in [0, 0.05) is 59.8 Å². The van der Waals surface area contributed by atoms with Crippen molar-refractivity contribution in [3.8, 4) is 11.4 Å². The molecule has 1 aliphatic rings. The van der Waals surface area contributed by atoms with Crippen molar-refractivity contribution in [3.05, 3.63) is 72.6 Å². The van der Waals surface area contributed by atoms with Crippen LogP contribution in [0.25, 0.3) is 27.6 Å². The van der Waals surface area contributed by atoms with Crippen molar-refractivity contribution in [2.24, 2.45) is 0 Å². The number of pyridine rings is 2. The number of nitrogens with one attached hydrogen (secondary N) is 1. The molecule has 0 radical (unpaired) electrons. The predicted molar refractivity (Wildman–Crippen MR) is 151 cm³/mol. The summed E-state index contributed by atoms with van der Waals surface area (Å²) in [5.41, 5.74) is 11.9. The summed E-state index contributed by atoms with van der Waals surface area (Å²) in [5.74, 6) is 1.80. The van der Waals surface area contributed by atoms with E-state index < -0.39 is 0 Å². The lowest BCUT2D eigenvalue weighted by Crippen LogP contribution is -2.21. The van der Waals surface area contributed by atoms with E-state index in [1.54, 1.807) is 6.20 Å². The van der Waals surface area contributed by atoms with Gasteiger partial charge in [-0.1, -0.05) is 6.42 Å². The third kappa shape index (κ3) is 4.84. The zero-order valence-electron chi connectivity index (χ0n) is 21.8. The first-order valence-electron chi connectivity index (χ1n) is 13.0. The van der Waals surface area contributed by atoms with Gasteiger partial charge < -0.3 is 20.7 Å². The largest absolute Gasteiger partial charge is 0.489 e. The Kier molecular flexibility index (Phi) is 6.51. The minimum atomic E-state index is 0.388. The highest BCUT2D eigenvalue weighted by molar-refractivity contribution is 5.92. The highest BCUT2D eigenvalue weighted by Gasteiger charge is 2.22. The zero-order valence-corrected chi connectivity index (χ0v) is 21.8. The molecule has 1 aliphatic carbocycles. The highest BCUT2D eigenvalue weighted by atomic mass is 16.5. The molecule has 38 heavy (non-hydrogen) atoms. The van der Waals surface area contributed by atoms with Gasteiger partial charge in [0.05, 0.1) is 22.8 Å². The van der Waals surface area contributed by atoms with Crippen LogP contribution in [0.2, 0.25) is 0 Å². The molecule has 6 rings (SSSR count). The van der Waals surface area contributed by atoms with E-state index in [0.717, 1.165) is 57.7 Å². The van der Waals surface area contributed by atoms with Crippen molar-refractivity contribution in [2.45, 2.75) is 31.8 Å². The lowest BCUT2D eigenvalue weighted by atomic mass is 9.82. The molecule has 5 aromatic rings. The molecule has 0 saturated heterocycles. The molecule has 4 aromatic heterocycles. The van der Waals surface area contributed by atoms with Gasteiger partial charge in [0.1, 0.15) is 30.1 Å². The molecule has 9 nitrogen and oxygen atoms in total. The maximum absolute atomic E-state index is 6.21. The third-order valence-electron chi connectivity index (χ3n) is 7.18. The Balaban J connectivity index is 1.23. The third-order valence-corrected chi connectivity index (χ3v) is 7.18. The van der Waals surface area contributed by atoms with Gasteiger partial charge in [-0.25, -0.2) is 9.97 Å². The maximum atomic E-state index is 6.21. The number of nitrogens with two attached hydrogens (primary N) is 1. The normalized spacial score (nSPS) is 13.8. The molecule has 0 spiro atoms. The van der Waals surface area contributed by atoms with Gasteiger partial charge in [-0.2, -0.15) is 0 Å². The van der Waals surface area contributed by atoms with Crippen molar-refractivity contribution in [2.75, 3.05) is 38.2 Å². The van der Waals surface area contributed by atoms with Crippen LogP contribution in [0.3, 0.4) is 0 Å². The first-order valence-corrected chi connectivity index (χ1v) is 13.0. The van der Waals surface area contributed by atoms with E-state index in [0.29, 0.717) is 18.3 Å². The molecule has 3 N–H and O–H groups in total. The summed E-state index contributed by atoms with van der Waals surface area (Å²) in [7, 11) is 4.18. The number of likely N-dealkylation sites (N-methyl/N-ethyl adjacent to an activating group) is 1. The number of hydrogen-bond donors (Lipinski definition) is 2. The van der Waals surface area contributed by atoms with Crippen LogP contribution in [0.4, 0.5) is 11.5 Å². The number of anilines is 2. The monoisotopic (exact) mass is 508 g/mol. The molecular formula is C29H32N8O. The minimum absolute atomic E-state index is 0.388. The molecule has 1 saturated carbocycles. The smallest absolute Gasteiger partial charge is 0.150 e. The highest BCUT2D eigenvalue weighted by Crippen LogP contribution is 2.38. The van der Waals surface area contributed by atoms with Crippen molar-refractivity contribution < 1.29 is 4.74 Å².